The summed E-state index contributed by atoms with van der Waals surface area (Å²) in [5.41, 5.74) is 1.38. The van der Waals surface area contributed by atoms with E-state index < -0.39 is 0 Å². The third-order valence-electron chi connectivity index (χ3n) is 4.04. The quantitative estimate of drug-likeness (QED) is 0.921. The molecule has 0 aromatic carbocycles. The van der Waals surface area contributed by atoms with Crippen LogP contribution in [0, 0.1) is 12.8 Å². The van der Waals surface area contributed by atoms with Crippen LogP contribution in [0.1, 0.15) is 25.5 Å². The van der Waals surface area contributed by atoms with Crippen molar-refractivity contribution in [3.8, 4) is 0 Å². The van der Waals surface area contributed by atoms with Crippen LogP contribution < -0.4 is 5.32 Å². The molecule has 108 valence electrons. The lowest BCUT2D eigenvalue weighted by Gasteiger charge is -2.30. The largest absolute Gasteiger partial charge is 0.368 e. The Morgan fingerprint density at radius 2 is 2.15 bits per heavy atom. The number of anilines is 1. The predicted octanol–water partition coefficient (Wildman–Crippen LogP) is 2.07. The van der Waals surface area contributed by atoms with Gasteiger partial charge in [-0.25, -0.2) is 4.98 Å². The molecule has 0 saturated carbocycles. The van der Waals surface area contributed by atoms with Crippen molar-refractivity contribution in [1.82, 2.24) is 20.0 Å². The summed E-state index contributed by atoms with van der Waals surface area (Å²) in [4.78, 5) is 10.9. The van der Waals surface area contributed by atoms with Gasteiger partial charge in [-0.05, 0) is 38.8 Å². The number of fused-ring (bicyclic) bond motifs is 1. The van der Waals surface area contributed by atoms with E-state index >= 15 is 0 Å². The maximum atomic E-state index is 5.15. The molecule has 1 fully saturated rings. The van der Waals surface area contributed by atoms with Crippen molar-refractivity contribution < 1.29 is 4.52 Å². The molecule has 6 nitrogen and oxygen atoms in total. The Bertz CT molecular complexity index is 574. The minimum absolute atomic E-state index is 0.548. The molecule has 1 aliphatic rings. The van der Waals surface area contributed by atoms with E-state index in [0.29, 0.717) is 5.71 Å². The number of aromatic nitrogens is 3. The lowest BCUT2D eigenvalue weighted by atomic mass is 9.99. The number of piperidine rings is 1. The fourth-order valence-electron chi connectivity index (χ4n) is 2.67. The van der Waals surface area contributed by atoms with E-state index in [9.17, 15) is 0 Å². The van der Waals surface area contributed by atoms with Crippen LogP contribution in [0.5, 0.6) is 0 Å². The second kappa shape index (κ2) is 5.75. The smallest absolute Gasteiger partial charge is 0.263 e. The van der Waals surface area contributed by atoms with Gasteiger partial charge in [0.25, 0.3) is 5.71 Å². The van der Waals surface area contributed by atoms with E-state index in [1.165, 1.54) is 32.3 Å². The van der Waals surface area contributed by atoms with Crippen molar-refractivity contribution in [2.75, 3.05) is 31.5 Å². The first-order valence-electron chi connectivity index (χ1n) is 7.27. The topological polar surface area (TPSA) is 67.1 Å². The van der Waals surface area contributed by atoms with Gasteiger partial charge in [-0.1, -0.05) is 12.1 Å². The zero-order valence-corrected chi connectivity index (χ0v) is 12.1. The van der Waals surface area contributed by atoms with Crippen molar-refractivity contribution in [3.05, 3.63) is 12.0 Å². The molecule has 3 heterocycles. The van der Waals surface area contributed by atoms with Crippen molar-refractivity contribution in [2.24, 2.45) is 5.92 Å². The van der Waals surface area contributed by atoms with Crippen molar-refractivity contribution in [2.45, 2.75) is 26.7 Å². The van der Waals surface area contributed by atoms with Crippen molar-refractivity contribution in [3.63, 3.8) is 0 Å². The third kappa shape index (κ3) is 2.75. The summed E-state index contributed by atoms with van der Waals surface area (Å²) in [6.07, 6.45) is 4.13. The molecule has 1 N–H and O–H groups in total. The Morgan fingerprint density at radius 3 is 2.95 bits per heavy atom. The van der Waals surface area contributed by atoms with Gasteiger partial charge in [0, 0.05) is 13.1 Å². The van der Waals surface area contributed by atoms with Gasteiger partial charge in [-0.15, -0.1) is 0 Å². The molecule has 3 rings (SSSR count). The summed E-state index contributed by atoms with van der Waals surface area (Å²) in [5.74, 6) is 1.69. The highest BCUT2D eigenvalue weighted by atomic mass is 16.5. The summed E-state index contributed by atoms with van der Waals surface area (Å²) < 4.78 is 5.15. The molecule has 2 aromatic rings. The predicted molar refractivity (Wildman–Crippen MR) is 77.7 cm³/mol. The number of aryl methyl sites for hydroxylation is 1. The monoisotopic (exact) mass is 275 g/mol. The summed E-state index contributed by atoms with van der Waals surface area (Å²) in [5, 5.41) is 8.20. The van der Waals surface area contributed by atoms with E-state index in [4.69, 9.17) is 4.52 Å². The minimum atomic E-state index is 0.548. The number of likely N-dealkylation sites (tertiary alicyclic amines) is 1. The zero-order chi connectivity index (χ0) is 13.9. The van der Waals surface area contributed by atoms with E-state index in [2.05, 4.69) is 32.3 Å². The summed E-state index contributed by atoms with van der Waals surface area (Å²) >= 11 is 0. The minimum Gasteiger partial charge on any atom is -0.368 e. The fraction of sp³-hybridized carbons (Fsp3) is 0.643. The number of rotatable bonds is 4. The molecule has 0 amide bonds. The van der Waals surface area contributed by atoms with Gasteiger partial charge >= 0.3 is 0 Å². The van der Waals surface area contributed by atoms with E-state index in [1.807, 2.05) is 6.92 Å². The SMILES string of the molecule is Cc1noc2ncnc(NCCN3CCC(C)CC3)c12. The molecular formula is C14H21N5O. The summed E-state index contributed by atoms with van der Waals surface area (Å²) in [6.45, 7) is 8.57. The van der Waals surface area contributed by atoms with Crippen LogP contribution in [-0.4, -0.2) is 46.2 Å². The standard InChI is InChI=1S/C14H21N5O/c1-10-3-6-19(7-4-10)8-5-15-13-12-11(2)18-20-14(12)17-9-16-13/h9-10H,3-8H2,1-2H3,(H,15,16,17). The molecule has 20 heavy (non-hydrogen) atoms. The number of hydrogen-bond acceptors (Lipinski definition) is 6. The first-order chi connectivity index (χ1) is 9.74. The molecule has 0 spiro atoms. The average Bonchev–Trinajstić information content (AvgIpc) is 2.84. The highest BCUT2D eigenvalue weighted by Crippen LogP contribution is 2.22. The van der Waals surface area contributed by atoms with Gasteiger partial charge in [-0.2, -0.15) is 4.98 Å². The van der Waals surface area contributed by atoms with Gasteiger partial charge in [0.05, 0.1) is 5.69 Å². The van der Waals surface area contributed by atoms with Crippen LogP contribution in [0.2, 0.25) is 0 Å². The van der Waals surface area contributed by atoms with E-state index in [0.717, 1.165) is 35.9 Å². The van der Waals surface area contributed by atoms with Gasteiger partial charge < -0.3 is 14.7 Å². The van der Waals surface area contributed by atoms with Crippen LogP contribution in [0.4, 0.5) is 5.82 Å². The van der Waals surface area contributed by atoms with Crippen molar-refractivity contribution >= 4 is 16.9 Å². The maximum Gasteiger partial charge on any atom is 0.263 e. The number of nitrogens with zero attached hydrogens (tertiary/aromatic N) is 4. The second-order valence-electron chi connectivity index (χ2n) is 5.62. The summed E-state index contributed by atoms with van der Waals surface area (Å²) in [6, 6.07) is 0. The van der Waals surface area contributed by atoms with Gasteiger partial charge in [0.1, 0.15) is 17.5 Å². The first-order valence-corrected chi connectivity index (χ1v) is 7.27. The molecule has 0 atom stereocenters. The molecular weight excluding hydrogens is 254 g/mol. The Morgan fingerprint density at radius 1 is 1.35 bits per heavy atom. The van der Waals surface area contributed by atoms with Gasteiger partial charge in [0.2, 0.25) is 0 Å². The van der Waals surface area contributed by atoms with Crippen LogP contribution >= 0.6 is 0 Å². The molecule has 0 radical (unpaired) electrons. The Balaban J connectivity index is 1.59. The van der Waals surface area contributed by atoms with E-state index in [-0.39, 0.29) is 0 Å². The molecule has 2 aromatic heterocycles. The van der Waals surface area contributed by atoms with Crippen LogP contribution in [0.15, 0.2) is 10.9 Å². The molecule has 1 saturated heterocycles. The number of nitrogens with one attached hydrogen (secondary N) is 1. The number of hydrogen-bond donors (Lipinski definition) is 1. The van der Waals surface area contributed by atoms with E-state index in [1.54, 1.807) is 0 Å². The van der Waals surface area contributed by atoms with Gasteiger partial charge in [0.15, 0.2) is 0 Å². The zero-order valence-electron chi connectivity index (χ0n) is 12.1. The van der Waals surface area contributed by atoms with Crippen LogP contribution in [-0.2, 0) is 0 Å². The highest BCUT2D eigenvalue weighted by molar-refractivity contribution is 5.87. The normalized spacial score (nSPS) is 17.7. The Hall–Kier alpha value is -1.69. The van der Waals surface area contributed by atoms with Gasteiger partial charge in [-0.3, -0.25) is 0 Å². The second-order valence-corrected chi connectivity index (χ2v) is 5.62. The molecule has 0 aliphatic carbocycles. The summed E-state index contributed by atoms with van der Waals surface area (Å²) in [7, 11) is 0. The lowest BCUT2D eigenvalue weighted by Crippen LogP contribution is -2.36. The fourth-order valence-corrected chi connectivity index (χ4v) is 2.67. The average molecular weight is 275 g/mol. The third-order valence-corrected chi connectivity index (χ3v) is 4.04. The molecule has 0 unspecified atom stereocenters. The molecule has 1 aliphatic heterocycles. The Labute approximate surface area is 118 Å². The van der Waals surface area contributed by atoms with Crippen molar-refractivity contribution in [1.29, 1.82) is 0 Å². The molecule has 6 heteroatoms. The first kappa shape index (κ1) is 13.3. The Kier molecular flexibility index (Phi) is 3.82. The lowest BCUT2D eigenvalue weighted by molar-refractivity contribution is 0.199. The maximum absolute atomic E-state index is 5.15. The van der Waals surface area contributed by atoms with Crippen LogP contribution in [0.3, 0.4) is 0 Å². The van der Waals surface area contributed by atoms with Crippen LogP contribution in [0.25, 0.3) is 11.1 Å². The molecule has 0 bridgehead atoms. The highest BCUT2D eigenvalue weighted by Gasteiger charge is 2.16.